The van der Waals surface area contributed by atoms with Gasteiger partial charge in [-0.2, -0.15) is 0 Å². The molecule has 0 aromatic heterocycles. The summed E-state index contributed by atoms with van der Waals surface area (Å²) in [4.78, 5) is 11.9. The molecule has 0 heterocycles. The first kappa shape index (κ1) is 12.7. The molecule has 19 heavy (non-hydrogen) atoms. The molecule has 1 nitrogen and oxygen atoms in total. The smallest absolute Gasteiger partial charge is 0.138 e. The average molecular weight is 291 g/mol. The summed E-state index contributed by atoms with van der Waals surface area (Å²) >= 11 is 12.0. The Labute approximate surface area is 122 Å². The molecular formula is C16H12Cl2O. The molecule has 2 aromatic rings. The van der Waals surface area contributed by atoms with Gasteiger partial charge in [0, 0.05) is 18.8 Å². The van der Waals surface area contributed by atoms with Gasteiger partial charge in [0.2, 0.25) is 0 Å². The highest BCUT2D eigenvalue weighted by Crippen LogP contribution is 2.37. The molecule has 0 spiro atoms. The molecule has 0 saturated heterocycles. The van der Waals surface area contributed by atoms with Gasteiger partial charge in [-0.25, -0.2) is 0 Å². The lowest BCUT2D eigenvalue weighted by Crippen LogP contribution is -2.19. The van der Waals surface area contributed by atoms with Crippen LogP contribution in [0.5, 0.6) is 0 Å². The van der Waals surface area contributed by atoms with Crippen LogP contribution in [-0.4, -0.2) is 5.78 Å². The Hall–Kier alpha value is -1.31. The van der Waals surface area contributed by atoms with Gasteiger partial charge in [0.25, 0.3) is 0 Å². The maximum Gasteiger partial charge on any atom is 0.138 e. The Morgan fingerprint density at radius 2 is 1.79 bits per heavy atom. The van der Waals surface area contributed by atoms with Crippen molar-refractivity contribution in [3.63, 3.8) is 0 Å². The Bertz CT molecular complexity index is 649. The number of carbonyl (C=O) groups is 1. The molecule has 1 aliphatic rings. The zero-order chi connectivity index (χ0) is 13.4. The summed E-state index contributed by atoms with van der Waals surface area (Å²) in [5, 5.41) is 1.08. The number of carbonyl (C=O) groups excluding carboxylic acids is 1. The molecule has 0 saturated carbocycles. The van der Waals surface area contributed by atoms with Crippen LogP contribution in [0.25, 0.3) is 0 Å². The number of hydrogen-bond acceptors (Lipinski definition) is 1. The van der Waals surface area contributed by atoms with Crippen molar-refractivity contribution in [1.82, 2.24) is 0 Å². The van der Waals surface area contributed by atoms with E-state index in [0.717, 1.165) is 11.1 Å². The fraction of sp³-hybridized carbons (Fsp3) is 0.188. The minimum absolute atomic E-state index is 0.0900. The van der Waals surface area contributed by atoms with Gasteiger partial charge in [0.05, 0.1) is 10.0 Å². The number of fused-ring (bicyclic) bond motifs is 1. The first-order chi connectivity index (χ1) is 9.15. The normalized spacial score (nSPS) is 18.2. The lowest BCUT2D eigenvalue weighted by Gasteiger charge is -2.25. The highest BCUT2D eigenvalue weighted by atomic mass is 35.5. The van der Waals surface area contributed by atoms with Crippen molar-refractivity contribution in [2.45, 2.75) is 18.8 Å². The topological polar surface area (TPSA) is 17.1 Å². The van der Waals surface area contributed by atoms with E-state index in [9.17, 15) is 4.79 Å². The maximum atomic E-state index is 11.9. The number of benzene rings is 2. The lowest BCUT2D eigenvalue weighted by atomic mass is 9.78. The highest BCUT2D eigenvalue weighted by Gasteiger charge is 2.26. The van der Waals surface area contributed by atoms with E-state index >= 15 is 0 Å². The van der Waals surface area contributed by atoms with Crippen LogP contribution in [-0.2, 0) is 11.2 Å². The monoisotopic (exact) mass is 290 g/mol. The Morgan fingerprint density at radius 1 is 1.00 bits per heavy atom. The van der Waals surface area contributed by atoms with Gasteiger partial charge >= 0.3 is 0 Å². The van der Waals surface area contributed by atoms with Gasteiger partial charge < -0.3 is 0 Å². The number of halogens is 2. The quantitative estimate of drug-likeness (QED) is 0.748. The van der Waals surface area contributed by atoms with Crippen molar-refractivity contribution < 1.29 is 4.79 Å². The van der Waals surface area contributed by atoms with Crippen molar-refractivity contribution in [1.29, 1.82) is 0 Å². The summed E-state index contributed by atoms with van der Waals surface area (Å²) in [7, 11) is 0. The summed E-state index contributed by atoms with van der Waals surface area (Å²) in [6.45, 7) is 0. The molecule has 96 valence electrons. The number of hydrogen-bond donors (Lipinski definition) is 0. The van der Waals surface area contributed by atoms with Gasteiger partial charge in [-0.3, -0.25) is 4.79 Å². The van der Waals surface area contributed by atoms with Crippen LogP contribution in [0.3, 0.4) is 0 Å². The standard InChI is InChI=1S/C16H12Cl2O/c17-15-6-5-11(8-16(15)18)14-9-12(19)7-10-3-1-2-4-13(10)14/h1-6,8,14H,7,9H2. The van der Waals surface area contributed by atoms with Gasteiger partial charge in [0.1, 0.15) is 5.78 Å². The predicted octanol–water partition coefficient (Wildman–Crippen LogP) is 4.64. The van der Waals surface area contributed by atoms with E-state index < -0.39 is 0 Å². The second-order valence-electron chi connectivity index (χ2n) is 4.84. The second-order valence-corrected chi connectivity index (χ2v) is 5.66. The zero-order valence-corrected chi connectivity index (χ0v) is 11.7. The van der Waals surface area contributed by atoms with Crippen molar-refractivity contribution in [2.75, 3.05) is 0 Å². The Balaban J connectivity index is 2.09. The molecule has 1 atom stereocenters. The number of Topliss-reactive ketones (excluding diaryl/α,β-unsaturated/α-hetero) is 1. The third-order valence-corrected chi connectivity index (χ3v) is 4.33. The number of ketones is 1. The largest absolute Gasteiger partial charge is 0.299 e. The van der Waals surface area contributed by atoms with Crippen molar-refractivity contribution >= 4 is 29.0 Å². The summed E-state index contributed by atoms with van der Waals surface area (Å²) in [6, 6.07) is 13.7. The SMILES string of the molecule is O=C1Cc2ccccc2C(c2ccc(Cl)c(Cl)c2)C1. The molecule has 0 amide bonds. The van der Waals surface area contributed by atoms with Gasteiger partial charge in [-0.1, -0.05) is 53.5 Å². The van der Waals surface area contributed by atoms with Gasteiger partial charge in [-0.05, 0) is 28.8 Å². The van der Waals surface area contributed by atoms with Crippen LogP contribution in [0.4, 0.5) is 0 Å². The minimum Gasteiger partial charge on any atom is -0.299 e. The van der Waals surface area contributed by atoms with E-state index in [1.54, 1.807) is 6.07 Å². The Morgan fingerprint density at radius 3 is 2.58 bits per heavy atom. The summed E-state index contributed by atoms with van der Waals surface area (Å²) in [5.41, 5.74) is 3.39. The molecule has 1 unspecified atom stereocenters. The molecule has 0 radical (unpaired) electrons. The average Bonchev–Trinajstić information content (AvgIpc) is 2.41. The van der Waals surface area contributed by atoms with Crippen LogP contribution in [0, 0.1) is 0 Å². The second kappa shape index (κ2) is 4.99. The highest BCUT2D eigenvalue weighted by molar-refractivity contribution is 6.42. The summed E-state index contributed by atoms with van der Waals surface area (Å²) in [6.07, 6.45) is 1.07. The van der Waals surface area contributed by atoms with E-state index in [2.05, 4.69) is 6.07 Å². The molecule has 0 aliphatic heterocycles. The molecule has 0 bridgehead atoms. The van der Waals surface area contributed by atoms with Crippen LogP contribution in [0.2, 0.25) is 10.0 Å². The number of rotatable bonds is 1. The third-order valence-electron chi connectivity index (χ3n) is 3.60. The molecule has 0 N–H and O–H groups in total. The maximum absolute atomic E-state index is 11.9. The van der Waals surface area contributed by atoms with Crippen LogP contribution >= 0.6 is 23.2 Å². The third kappa shape index (κ3) is 2.41. The zero-order valence-electron chi connectivity index (χ0n) is 10.2. The van der Waals surface area contributed by atoms with E-state index in [4.69, 9.17) is 23.2 Å². The van der Waals surface area contributed by atoms with Gasteiger partial charge in [0.15, 0.2) is 0 Å². The minimum atomic E-state index is 0.0900. The molecule has 3 heteroatoms. The summed E-state index contributed by atoms with van der Waals surface area (Å²) < 4.78 is 0. The lowest BCUT2D eigenvalue weighted by molar-refractivity contribution is -0.119. The predicted molar refractivity (Wildman–Crippen MR) is 78.1 cm³/mol. The van der Waals surface area contributed by atoms with Crippen LogP contribution < -0.4 is 0 Å². The molecule has 0 fully saturated rings. The Kier molecular flexibility index (Phi) is 3.34. The molecular weight excluding hydrogens is 279 g/mol. The van der Waals surface area contributed by atoms with E-state index in [0.29, 0.717) is 22.9 Å². The molecule has 2 aromatic carbocycles. The molecule has 1 aliphatic carbocycles. The van der Waals surface area contributed by atoms with E-state index in [-0.39, 0.29) is 11.7 Å². The summed E-state index contributed by atoms with van der Waals surface area (Å²) in [5.74, 6) is 0.363. The fourth-order valence-electron chi connectivity index (χ4n) is 2.68. The van der Waals surface area contributed by atoms with Crippen molar-refractivity contribution in [3.8, 4) is 0 Å². The fourth-order valence-corrected chi connectivity index (χ4v) is 2.99. The first-order valence-corrected chi connectivity index (χ1v) is 6.95. The van der Waals surface area contributed by atoms with Crippen LogP contribution in [0.15, 0.2) is 42.5 Å². The van der Waals surface area contributed by atoms with Crippen molar-refractivity contribution in [3.05, 3.63) is 69.2 Å². The van der Waals surface area contributed by atoms with Crippen LogP contribution in [0.1, 0.15) is 29.0 Å². The molecule has 3 rings (SSSR count). The van der Waals surface area contributed by atoms with Gasteiger partial charge in [-0.15, -0.1) is 0 Å². The first-order valence-electron chi connectivity index (χ1n) is 6.19. The van der Waals surface area contributed by atoms with E-state index in [1.165, 1.54) is 5.56 Å². The van der Waals surface area contributed by atoms with Crippen molar-refractivity contribution in [2.24, 2.45) is 0 Å². The van der Waals surface area contributed by atoms with E-state index in [1.807, 2.05) is 30.3 Å².